The molecule has 1 aliphatic rings. The monoisotopic (exact) mass is 358 g/mol. The van der Waals surface area contributed by atoms with Crippen LogP contribution in [0.4, 0.5) is 11.4 Å². The van der Waals surface area contributed by atoms with E-state index in [1.807, 2.05) is 0 Å². The summed E-state index contributed by atoms with van der Waals surface area (Å²) in [5.41, 5.74) is 1.64. The summed E-state index contributed by atoms with van der Waals surface area (Å²) in [5, 5.41) is 20.0. The van der Waals surface area contributed by atoms with Crippen LogP contribution in [0.1, 0.15) is 15.9 Å². The van der Waals surface area contributed by atoms with Gasteiger partial charge in [-0.1, -0.05) is 12.1 Å². The first kappa shape index (κ1) is 17.0. The Hall–Kier alpha value is -2.87. The molecule has 0 radical (unpaired) electrons. The van der Waals surface area contributed by atoms with Gasteiger partial charge in [-0.3, -0.25) is 14.9 Å². The van der Waals surface area contributed by atoms with Crippen LogP contribution in [0.2, 0.25) is 0 Å². The number of benzene rings is 2. The maximum Gasteiger partial charge on any atom is 0.336 e. The molecule has 1 amide bonds. The standard InChI is InChI=1S/C17H14N2O5S/c20-16(10-25-15-4-2-1-3-13(15)17(21)22)18-8-7-11-9-12(19(23)24)5-6-14(11)18/h1-6,9H,7-8,10H2,(H,21,22). The van der Waals surface area contributed by atoms with Crippen molar-refractivity contribution in [3.05, 3.63) is 63.7 Å². The van der Waals surface area contributed by atoms with Crippen molar-refractivity contribution in [2.24, 2.45) is 0 Å². The highest BCUT2D eigenvalue weighted by Crippen LogP contribution is 2.32. The number of fused-ring (bicyclic) bond motifs is 1. The van der Waals surface area contributed by atoms with E-state index >= 15 is 0 Å². The molecule has 25 heavy (non-hydrogen) atoms. The number of amides is 1. The number of carbonyl (C=O) groups is 2. The van der Waals surface area contributed by atoms with Gasteiger partial charge in [0, 0.05) is 29.3 Å². The van der Waals surface area contributed by atoms with E-state index in [0.717, 1.165) is 5.56 Å². The van der Waals surface area contributed by atoms with Gasteiger partial charge >= 0.3 is 5.97 Å². The van der Waals surface area contributed by atoms with Crippen molar-refractivity contribution >= 4 is 35.0 Å². The maximum atomic E-state index is 12.5. The number of non-ortho nitro benzene ring substituents is 1. The lowest BCUT2D eigenvalue weighted by molar-refractivity contribution is -0.384. The van der Waals surface area contributed by atoms with Gasteiger partial charge in [-0.25, -0.2) is 4.79 Å². The van der Waals surface area contributed by atoms with Gasteiger partial charge < -0.3 is 10.0 Å². The third-order valence-electron chi connectivity index (χ3n) is 3.94. The molecule has 2 aromatic rings. The molecule has 0 atom stereocenters. The van der Waals surface area contributed by atoms with Crippen molar-refractivity contribution in [1.82, 2.24) is 0 Å². The zero-order valence-electron chi connectivity index (χ0n) is 13.0. The summed E-state index contributed by atoms with van der Waals surface area (Å²) in [5.74, 6) is -1.09. The van der Waals surface area contributed by atoms with Crippen LogP contribution in [0.5, 0.6) is 0 Å². The Labute approximate surface area is 147 Å². The van der Waals surface area contributed by atoms with Crippen molar-refractivity contribution in [2.75, 3.05) is 17.2 Å². The van der Waals surface area contributed by atoms with Crippen LogP contribution in [-0.4, -0.2) is 34.2 Å². The van der Waals surface area contributed by atoms with Crippen LogP contribution in [0.15, 0.2) is 47.4 Å². The van der Waals surface area contributed by atoms with E-state index in [-0.39, 0.29) is 22.9 Å². The fourth-order valence-electron chi connectivity index (χ4n) is 2.75. The minimum absolute atomic E-state index is 0.0119. The van der Waals surface area contributed by atoms with Crippen LogP contribution in [0.3, 0.4) is 0 Å². The molecular weight excluding hydrogens is 344 g/mol. The van der Waals surface area contributed by atoms with E-state index in [2.05, 4.69) is 0 Å². The minimum Gasteiger partial charge on any atom is -0.478 e. The van der Waals surface area contributed by atoms with Crippen LogP contribution >= 0.6 is 11.8 Å². The molecule has 0 aromatic heterocycles. The SMILES string of the molecule is O=C(O)c1ccccc1SCC(=O)N1CCc2cc([N+](=O)[O-])ccc21. The molecule has 7 nitrogen and oxygen atoms in total. The van der Waals surface area contributed by atoms with Gasteiger partial charge in [0.15, 0.2) is 0 Å². The minimum atomic E-state index is -1.03. The fourth-order valence-corrected chi connectivity index (χ4v) is 3.67. The number of nitro groups is 1. The first-order valence-corrected chi connectivity index (χ1v) is 8.48. The third-order valence-corrected chi connectivity index (χ3v) is 5.00. The van der Waals surface area contributed by atoms with Crippen molar-refractivity contribution < 1.29 is 19.6 Å². The van der Waals surface area contributed by atoms with E-state index in [4.69, 9.17) is 0 Å². The van der Waals surface area contributed by atoms with Crippen LogP contribution in [-0.2, 0) is 11.2 Å². The highest BCUT2D eigenvalue weighted by atomic mass is 32.2. The summed E-state index contributed by atoms with van der Waals surface area (Å²) in [6.07, 6.45) is 0.569. The molecule has 0 saturated heterocycles. The summed E-state index contributed by atoms with van der Waals surface area (Å²) in [6.45, 7) is 0.469. The van der Waals surface area contributed by atoms with E-state index in [0.29, 0.717) is 23.5 Å². The fraction of sp³-hybridized carbons (Fsp3) is 0.176. The Morgan fingerprint density at radius 3 is 2.72 bits per heavy atom. The van der Waals surface area contributed by atoms with Crippen molar-refractivity contribution in [2.45, 2.75) is 11.3 Å². The highest BCUT2D eigenvalue weighted by Gasteiger charge is 2.26. The van der Waals surface area contributed by atoms with Gasteiger partial charge in [0.05, 0.1) is 16.2 Å². The van der Waals surface area contributed by atoms with E-state index < -0.39 is 10.9 Å². The average molecular weight is 358 g/mol. The molecule has 128 valence electrons. The Bertz CT molecular complexity index is 868. The average Bonchev–Trinajstić information content (AvgIpc) is 3.03. The number of carboxylic acid groups (broad SMARTS) is 1. The molecule has 0 saturated carbocycles. The first-order valence-electron chi connectivity index (χ1n) is 7.50. The van der Waals surface area contributed by atoms with E-state index in [9.17, 15) is 24.8 Å². The van der Waals surface area contributed by atoms with Gasteiger partial charge in [0.1, 0.15) is 0 Å². The molecular formula is C17H14N2O5S. The number of nitro benzene ring substituents is 1. The van der Waals surface area contributed by atoms with Crippen molar-refractivity contribution in [3.8, 4) is 0 Å². The summed E-state index contributed by atoms with van der Waals surface area (Å²) >= 11 is 1.17. The highest BCUT2D eigenvalue weighted by molar-refractivity contribution is 8.00. The Kier molecular flexibility index (Phi) is 4.71. The Balaban J connectivity index is 1.72. The topological polar surface area (TPSA) is 101 Å². The molecule has 0 spiro atoms. The lowest BCUT2D eigenvalue weighted by atomic mass is 10.1. The van der Waals surface area contributed by atoms with Gasteiger partial charge in [-0.15, -0.1) is 11.8 Å². The predicted octanol–water partition coefficient (Wildman–Crippen LogP) is 2.97. The number of thioether (sulfide) groups is 1. The van der Waals surface area contributed by atoms with Gasteiger partial charge in [0.2, 0.25) is 5.91 Å². The molecule has 1 aliphatic heterocycles. The number of hydrogen-bond donors (Lipinski definition) is 1. The summed E-state index contributed by atoms with van der Waals surface area (Å²) in [6, 6.07) is 11.0. The molecule has 0 bridgehead atoms. The van der Waals surface area contributed by atoms with Crippen molar-refractivity contribution in [1.29, 1.82) is 0 Å². The van der Waals surface area contributed by atoms with Gasteiger partial charge in [0.25, 0.3) is 5.69 Å². The summed E-state index contributed by atoms with van der Waals surface area (Å²) < 4.78 is 0. The van der Waals surface area contributed by atoms with E-state index in [1.54, 1.807) is 29.2 Å². The maximum absolute atomic E-state index is 12.5. The first-order chi connectivity index (χ1) is 12.0. The molecule has 0 aliphatic carbocycles. The number of aromatic carboxylic acids is 1. The molecule has 0 fully saturated rings. The number of carboxylic acids is 1. The second-order valence-corrected chi connectivity index (χ2v) is 6.47. The smallest absolute Gasteiger partial charge is 0.336 e. The molecule has 2 aromatic carbocycles. The number of nitrogens with zero attached hydrogens (tertiary/aromatic N) is 2. The van der Waals surface area contributed by atoms with Crippen LogP contribution in [0, 0.1) is 10.1 Å². The Morgan fingerprint density at radius 2 is 2.00 bits per heavy atom. The molecule has 1 N–H and O–H groups in total. The quantitative estimate of drug-likeness (QED) is 0.501. The van der Waals surface area contributed by atoms with Crippen molar-refractivity contribution in [3.63, 3.8) is 0 Å². The van der Waals surface area contributed by atoms with E-state index in [1.165, 1.54) is 30.0 Å². The summed E-state index contributed by atoms with van der Waals surface area (Å²) in [4.78, 5) is 36.2. The number of hydrogen-bond acceptors (Lipinski definition) is 5. The molecule has 0 unspecified atom stereocenters. The molecule has 1 heterocycles. The lowest BCUT2D eigenvalue weighted by Gasteiger charge is -2.17. The molecule has 8 heteroatoms. The Morgan fingerprint density at radius 1 is 1.24 bits per heavy atom. The number of carbonyl (C=O) groups excluding carboxylic acids is 1. The summed E-state index contributed by atoms with van der Waals surface area (Å²) in [7, 11) is 0. The van der Waals surface area contributed by atoms with Crippen LogP contribution in [0.25, 0.3) is 0 Å². The third kappa shape index (κ3) is 3.48. The van der Waals surface area contributed by atoms with Gasteiger partial charge in [-0.2, -0.15) is 0 Å². The predicted molar refractivity (Wildman–Crippen MR) is 93.3 cm³/mol. The normalized spacial score (nSPS) is 12.7. The zero-order valence-corrected chi connectivity index (χ0v) is 13.9. The zero-order chi connectivity index (χ0) is 18.0. The largest absolute Gasteiger partial charge is 0.478 e. The second kappa shape index (κ2) is 6.94. The number of rotatable bonds is 5. The number of anilines is 1. The van der Waals surface area contributed by atoms with Gasteiger partial charge in [-0.05, 0) is 30.2 Å². The van der Waals surface area contributed by atoms with Crippen LogP contribution < -0.4 is 4.90 Å². The second-order valence-electron chi connectivity index (χ2n) is 5.46. The lowest BCUT2D eigenvalue weighted by Crippen LogP contribution is -2.30. The molecule has 3 rings (SSSR count).